The van der Waals surface area contributed by atoms with E-state index >= 15 is 0 Å². The summed E-state index contributed by atoms with van der Waals surface area (Å²) in [5.74, 6) is 0.989. The molecular formula is C29H28ClN3O4S2. The van der Waals surface area contributed by atoms with Gasteiger partial charge in [0.2, 0.25) is 11.8 Å². The molecule has 1 aromatic heterocycles. The van der Waals surface area contributed by atoms with Crippen molar-refractivity contribution in [2.45, 2.75) is 29.9 Å². The van der Waals surface area contributed by atoms with E-state index in [1.807, 2.05) is 66.9 Å². The number of amides is 2. The minimum atomic E-state index is -0.335. The molecule has 0 saturated heterocycles. The fourth-order valence-corrected chi connectivity index (χ4v) is 5.63. The van der Waals surface area contributed by atoms with Crippen molar-refractivity contribution in [3.05, 3.63) is 82.7 Å². The van der Waals surface area contributed by atoms with E-state index in [9.17, 15) is 9.59 Å². The molecule has 0 aliphatic carbocycles. The number of benzene rings is 3. The molecule has 0 aliphatic rings. The zero-order valence-corrected chi connectivity index (χ0v) is 24.1. The Morgan fingerprint density at radius 1 is 1.00 bits per heavy atom. The number of nitrogens with one attached hydrogen (secondary N) is 2. The van der Waals surface area contributed by atoms with Crippen LogP contribution < -0.4 is 20.1 Å². The Hall–Kier alpha value is -3.53. The van der Waals surface area contributed by atoms with Crippen LogP contribution in [0.3, 0.4) is 0 Å². The highest BCUT2D eigenvalue weighted by Crippen LogP contribution is 2.34. The van der Waals surface area contributed by atoms with Gasteiger partial charge in [-0.2, -0.15) is 0 Å². The van der Waals surface area contributed by atoms with Gasteiger partial charge in [0.1, 0.15) is 0 Å². The number of hydrogen-bond acceptors (Lipinski definition) is 7. The Labute approximate surface area is 240 Å². The van der Waals surface area contributed by atoms with Gasteiger partial charge in [-0.1, -0.05) is 36.7 Å². The fraction of sp³-hybridized carbons (Fsp3) is 0.207. The van der Waals surface area contributed by atoms with E-state index in [-0.39, 0.29) is 23.5 Å². The summed E-state index contributed by atoms with van der Waals surface area (Å²) in [4.78, 5) is 31.1. The highest BCUT2D eigenvalue weighted by molar-refractivity contribution is 8.00. The number of nitrogens with zero attached hydrogens (tertiary/aromatic N) is 1. The molecular weight excluding hydrogens is 554 g/mol. The summed E-state index contributed by atoms with van der Waals surface area (Å²) >= 11 is 8.73. The summed E-state index contributed by atoms with van der Waals surface area (Å²) < 4.78 is 10.7. The summed E-state index contributed by atoms with van der Waals surface area (Å²) in [7, 11) is 3.17. The number of hydrogen-bond donors (Lipinski definition) is 2. The van der Waals surface area contributed by atoms with Crippen molar-refractivity contribution in [1.29, 1.82) is 0 Å². The average molecular weight is 582 g/mol. The molecule has 0 aliphatic heterocycles. The van der Waals surface area contributed by atoms with E-state index in [2.05, 4.69) is 15.6 Å². The summed E-state index contributed by atoms with van der Waals surface area (Å²) in [6.45, 7) is 1.96. The number of rotatable bonds is 11. The highest BCUT2D eigenvalue weighted by atomic mass is 35.5. The van der Waals surface area contributed by atoms with Gasteiger partial charge in [-0.15, -0.1) is 23.1 Å². The molecule has 10 heteroatoms. The Balaban J connectivity index is 1.37. The molecule has 1 unspecified atom stereocenters. The lowest BCUT2D eigenvalue weighted by Crippen LogP contribution is -2.24. The Bertz CT molecular complexity index is 1440. The maximum absolute atomic E-state index is 13.1. The van der Waals surface area contributed by atoms with E-state index in [0.717, 1.165) is 21.7 Å². The van der Waals surface area contributed by atoms with Crippen molar-refractivity contribution in [3.63, 3.8) is 0 Å². The van der Waals surface area contributed by atoms with Gasteiger partial charge >= 0.3 is 0 Å². The maximum atomic E-state index is 13.1. The van der Waals surface area contributed by atoms with Gasteiger partial charge in [-0.3, -0.25) is 9.59 Å². The number of anilines is 2. The molecule has 0 radical (unpaired) electrons. The van der Waals surface area contributed by atoms with Gasteiger partial charge in [-0.25, -0.2) is 4.98 Å². The largest absolute Gasteiger partial charge is 0.493 e. The molecule has 1 heterocycles. The number of aromatic nitrogens is 1. The van der Waals surface area contributed by atoms with Crippen LogP contribution in [0.25, 0.3) is 11.3 Å². The molecule has 7 nitrogen and oxygen atoms in total. The van der Waals surface area contributed by atoms with Gasteiger partial charge in [0.15, 0.2) is 16.6 Å². The summed E-state index contributed by atoms with van der Waals surface area (Å²) in [5.41, 5.74) is 3.15. The molecule has 2 amide bonds. The first-order valence-electron chi connectivity index (χ1n) is 12.2. The van der Waals surface area contributed by atoms with Crippen molar-refractivity contribution in [3.8, 4) is 22.8 Å². The first-order chi connectivity index (χ1) is 18.9. The monoisotopic (exact) mass is 581 g/mol. The van der Waals surface area contributed by atoms with Crippen LogP contribution in [0, 0.1) is 0 Å². The number of thioether (sulfide) groups is 1. The average Bonchev–Trinajstić information content (AvgIpc) is 3.41. The van der Waals surface area contributed by atoms with Crippen LogP contribution in [-0.4, -0.2) is 36.3 Å². The maximum Gasteiger partial charge on any atom is 0.239 e. The molecule has 1 atom stereocenters. The van der Waals surface area contributed by atoms with Gasteiger partial charge in [-0.05, 0) is 60.5 Å². The van der Waals surface area contributed by atoms with Crippen LogP contribution in [0.15, 0.2) is 77.0 Å². The first-order valence-corrected chi connectivity index (χ1v) is 14.3. The van der Waals surface area contributed by atoms with Crippen LogP contribution in [0.1, 0.15) is 18.9 Å². The van der Waals surface area contributed by atoms with Crippen molar-refractivity contribution >= 4 is 57.3 Å². The quantitative estimate of drug-likeness (QED) is 0.182. The number of carbonyl (C=O) groups excluding carboxylic acids is 2. The van der Waals surface area contributed by atoms with Gasteiger partial charge in [0.25, 0.3) is 0 Å². The smallest absolute Gasteiger partial charge is 0.239 e. The second kappa shape index (κ2) is 13.5. The second-order valence-corrected chi connectivity index (χ2v) is 11.1. The predicted molar refractivity (Wildman–Crippen MR) is 159 cm³/mol. The summed E-state index contributed by atoms with van der Waals surface area (Å²) in [6.07, 6.45) is 0.866. The lowest BCUT2D eigenvalue weighted by molar-refractivity contribution is -0.116. The van der Waals surface area contributed by atoms with Crippen LogP contribution in [0.5, 0.6) is 11.5 Å². The molecule has 3 aromatic carbocycles. The van der Waals surface area contributed by atoms with E-state index in [1.54, 1.807) is 26.4 Å². The van der Waals surface area contributed by atoms with Crippen molar-refractivity contribution in [2.24, 2.45) is 0 Å². The molecule has 2 N–H and O–H groups in total. The summed E-state index contributed by atoms with van der Waals surface area (Å²) in [5, 5.41) is 8.58. The highest BCUT2D eigenvalue weighted by Gasteiger charge is 2.20. The molecule has 0 bridgehead atoms. The Kier molecular flexibility index (Phi) is 9.86. The minimum absolute atomic E-state index is 0.127. The normalized spacial score (nSPS) is 11.5. The topological polar surface area (TPSA) is 89.6 Å². The van der Waals surface area contributed by atoms with Gasteiger partial charge in [0.05, 0.1) is 31.6 Å². The van der Waals surface area contributed by atoms with Crippen molar-refractivity contribution in [2.75, 3.05) is 24.9 Å². The van der Waals surface area contributed by atoms with Crippen molar-refractivity contribution < 1.29 is 19.1 Å². The lowest BCUT2D eigenvalue weighted by Gasteiger charge is -2.14. The zero-order chi connectivity index (χ0) is 27.8. The second-order valence-electron chi connectivity index (χ2n) is 8.49. The number of methoxy groups -OCH3 is 2. The third-order valence-electron chi connectivity index (χ3n) is 5.75. The molecule has 0 spiro atoms. The number of thiazole rings is 1. The van der Waals surface area contributed by atoms with E-state index in [4.69, 9.17) is 21.1 Å². The molecule has 4 aromatic rings. The SMILES string of the molecule is CCC(Sc1cccc(NC(=O)Cc2ccc(Cl)cc2)c1)C(=O)Nc1nc(-c2ccc(OC)c(OC)c2)cs1. The number of ether oxygens (including phenoxy) is 2. The fourth-order valence-electron chi connectivity index (χ4n) is 3.77. The van der Waals surface area contributed by atoms with E-state index in [0.29, 0.717) is 33.8 Å². The molecule has 0 fully saturated rings. The van der Waals surface area contributed by atoms with Crippen LogP contribution in [0.2, 0.25) is 5.02 Å². The molecule has 0 saturated carbocycles. The standard InChI is InChI=1S/C29H28ClN3O4S2/c1-4-26(28(35)33-29-32-23(17-38-29)19-10-13-24(36-2)25(15-19)37-3)39-22-7-5-6-21(16-22)31-27(34)14-18-8-11-20(30)12-9-18/h5-13,15-17,26H,4,14H2,1-3H3,(H,31,34)(H,32,33,35). The van der Waals surface area contributed by atoms with E-state index in [1.165, 1.54) is 23.1 Å². The van der Waals surface area contributed by atoms with Crippen LogP contribution in [0.4, 0.5) is 10.8 Å². The van der Waals surface area contributed by atoms with Gasteiger partial charge in [0, 0.05) is 26.5 Å². The molecule has 4 rings (SSSR count). The van der Waals surface area contributed by atoms with Crippen LogP contribution >= 0.6 is 34.7 Å². The zero-order valence-electron chi connectivity index (χ0n) is 21.7. The van der Waals surface area contributed by atoms with Gasteiger partial charge < -0.3 is 20.1 Å². The molecule has 39 heavy (non-hydrogen) atoms. The first kappa shape index (κ1) is 28.5. The van der Waals surface area contributed by atoms with Crippen molar-refractivity contribution in [1.82, 2.24) is 4.98 Å². The predicted octanol–water partition coefficient (Wildman–Crippen LogP) is 7.17. The van der Waals surface area contributed by atoms with E-state index < -0.39 is 0 Å². The third kappa shape index (κ3) is 7.75. The number of carbonyl (C=O) groups is 2. The summed E-state index contributed by atoms with van der Waals surface area (Å²) in [6, 6.07) is 20.3. The Morgan fingerprint density at radius 3 is 2.49 bits per heavy atom. The minimum Gasteiger partial charge on any atom is -0.493 e. The number of halogens is 1. The third-order valence-corrected chi connectivity index (χ3v) is 8.12. The Morgan fingerprint density at radius 2 is 1.77 bits per heavy atom. The van der Waals surface area contributed by atoms with Crippen LogP contribution in [-0.2, 0) is 16.0 Å². The lowest BCUT2D eigenvalue weighted by atomic mass is 10.1. The molecule has 202 valence electrons.